The third-order valence-corrected chi connectivity index (χ3v) is 12.0. The largest absolute Gasteiger partial charge is 0.358 e. The molecule has 3 aromatic heterocycles. The number of aryl methyl sites for hydroxylation is 3. The molecule has 11 nitrogen and oxygen atoms in total. The lowest BCUT2D eigenvalue weighted by molar-refractivity contribution is 0.101. The molecule has 0 aliphatic rings. The van der Waals surface area contributed by atoms with Crippen molar-refractivity contribution in [3.8, 4) is 22.8 Å². The molecule has 59 heavy (non-hydrogen) atoms. The molecule has 0 amide bonds. The Morgan fingerprint density at radius 2 is 1.05 bits per heavy atom. The van der Waals surface area contributed by atoms with Gasteiger partial charge >= 0.3 is 0 Å². The van der Waals surface area contributed by atoms with E-state index in [0.717, 1.165) is 44.4 Å². The summed E-state index contributed by atoms with van der Waals surface area (Å²) in [4.78, 5) is 30.4. The van der Waals surface area contributed by atoms with E-state index in [1.165, 1.54) is 23.5 Å². The first-order valence-corrected chi connectivity index (χ1v) is 21.3. The van der Waals surface area contributed by atoms with Crippen LogP contribution in [0.2, 0.25) is 10.0 Å². The van der Waals surface area contributed by atoms with Gasteiger partial charge in [-0.1, -0.05) is 125 Å². The van der Waals surface area contributed by atoms with Gasteiger partial charge in [0.05, 0.1) is 11.5 Å². The van der Waals surface area contributed by atoms with Crippen LogP contribution in [-0.4, -0.2) is 57.8 Å². The molecule has 0 aliphatic carbocycles. The van der Waals surface area contributed by atoms with E-state index >= 15 is 0 Å². The summed E-state index contributed by atoms with van der Waals surface area (Å²) in [6.07, 6.45) is -0.713. The average Bonchev–Trinajstić information content (AvgIpc) is 3.94. The second-order valence-electron chi connectivity index (χ2n) is 13.9. The van der Waals surface area contributed by atoms with Gasteiger partial charge in [0.2, 0.25) is 10.3 Å². The van der Waals surface area contributed by atoms with E-state index in [1.54, 1.807) is 33.6 Å². The zero-order chi connectivity index (χ0) is 41.0. The van der Waals surface area contributed by atoms with Crippen molar-refractivity contribution in [1.29, 1.82) is 0 Å². The predicted octanol–water partition coefficient (Wildman–Crippen LogP) is 10.4. The fraction of sp³-hybridized carbons (Fsp3) is 0.136. The predicted molar refractivity (Wildman–Crippen MR) is 238 cm³/mol. The maximum atomic E-state index is 13.4. The lowest BCUT2D eigenvalue weighted by atomic mass is 10.1. The highest BCUT2D eigenvalue weighted by atomic mass is 35.5. The molecule has 8 aromatic rings. The molecule has 0 aliphatic heterocycles. The minimum Gasteiger partial charge on any atom is -0.358 e. The first-order chi connectivity index (χ1) is 28.6. The summed E-state index contributed by atoms with van der Waals surface area (Å²) in [5.74, 6) is 1.15. The fourth-order valence-corrected chi connectivity index (χ4v) is 8.36. The average molecular weight is 859 g/mol. The number of nitrogens with zero attached hydrogens (tertiary/aromatic N) is 6. The van der Waals surface area contributed by atoms with Crippen LogP contribution < -0.4 is 10.9 Å². The standard InChI is InChI=1S/C44H37Cl2N9O2S2/c1-26-8-12-29(13-9-26)37(56)24-58-43-50-48-41(31-16-20-33(45)21-17-31)54(43)52-40(39-28(3)47-36-7-5-4-6-35(36)39)53-55-42(32-18-22-34(46)23-19-32)49-51-44(55)59-25-38(57)30-14-10-27(2)11-15-30/h4-23,40,47,52-53H,24-25H2,1-3H3. The number of aromatic amines is 1. The highest BCUT2D eigenvalue weighted by Gasteiger charge is 2.27. The number of nitrogens with one attached hydrogen (secondary N) is 3. The lowest BCUT2D eigenvalue weighted by Gasteiger charge is -2.26. The monoisotopic (exact) mass is 857 g/mol. The number of carbonyl (C=O) groups is 2. The van der Waals surface area contributed by atoms with Gasteiger partial charge in [-0.2, -0.15) is 0 Å². The number of halogens is 2. The maximum Gasteiger partial charge on any atom is 0.210 e. The van der Waals surface area contributed by atoms with Crippen molar-refractivity contribution in [1.82, 2.24) is 34.7 Å². The van der Waals surface area contributed by atoms with Crippen molar-refractivity contribution in [2.24, 2.45) is 0 Å². The van der Waals surface area contributed by atoms with Crippen molar-refractivity contribution >= 4 is 69.2 Å². The number of benzene rings is 5. The van der Waals surface area contributed by atoms with Gasteiger partial charge in [0.1, 0.15) is 0 Å². The van der Waals surface area contributed by atoms with Gasteiger partial charge < -0.3 is 4.98 Å². The van der Waals surface area contributed by atoms with Gasteiger partial charge in [-0.05, 0) is 75.4 Å². The number of carbonyl (C=O) groups excluding carboxylic acids is 2. The summed E-state index contributed by atoms with van der Waals surface area (Å²) in [6.45, 7) is 5.98. The Hall–Kier alpha value is -5.86. The molecule has 0 bridgehead atoms. The summed E-state index contributed by atoms with van der Waals surface area (Å²) in [5.41, 5.74) is 15.0. The molecule has 0 fully saturated rings. The van der Waals surface area contributed by atoms with Gasteiger partial charge in [-0.25, -0.2) is 9.35 Å². The molecule has 0 atom stereocenters. The third kappa shape index (κ3) is 8.93. The molecule has 0 radical (unpaired) electrons. The summed E-state index contributed by atoms with van der Waals surface area (Å²) in [6, 6.07) is 37.7. The van der Waals surface area contributed by atoms with Gasteiger partial charge in [0, 0.05) is 54.5 Å². The SMILES string of the molecule is Cc1ccc(C(=O)CSc2nnc(-c3ccc(Cl)cc3)n2NC(Nn2c(SCC(=O)c3ccc(C)cc3)nnc2-c2ccc(Cl)cc2)c2c(C)[nH]c3ccccc23)cc1. The second kappa shape index (κ2) is 17.6. The zero-order valence-electron chi connectivity index (χ0n) is 32.1. The summed E-state index contributed by atoms with van der Waals surface area (Å²) >= 11 is 15.2. The number of hydrogen-bond donors (Lipinski definition) is 3. The Morgan fingerprint density at radius 3 is 1.51 bits per heavy atom. The number of H-pyrrole nitrogens is 1. The fourth-order valence-electron chi connectivity index (χ4n) is 6.52. The van der Waals surface area contributed by atoms with Crippen molar-refractivity contribution in [3.05, 3.63) is 165 Å². The molecule has 0 spiro atoms. The number of Topliss-reactive ketones (excluding diaryl/α,β-unsaturated/α-hetero) is 2. The van der Waals surface area contributed by atoms with E-state index in [9.17, 15) is 9.59 Å². The van der Waals surface area contributed by atoms with E-state index in [1.807, 2.05) is 112 Å². The van der Waals surface area contributed by atoms with Crippen LogP contribution in [0.15, 0.2) is 132 Å². The van der Waals surface area contributed by atoms with Crippen LogP contribution >= 0.6 is 46.7 Å². The smallest absolute Gasteiger partial charge is 0.210 e. The topological polar surface area (TPSA) is 135 Å². The number of aromatic nitrogens is 7. The zero-order valence-corrected chi connectivity index (χ0v) is 35.3. The Kier molecular flexibility index (Phi) is 11.9. The van der Waals surface area contributed by atoms with E-state index in [4.69, 9.17) is 23.2 Å². The van der Waals surface area contributed by atoms with Gasteiger partial charge in [0.15, 0.2) is 29.4 Å². The van der Waals surface area contributed by atoms with Crippen molar-refractivity contribution < 1.29 is 9.59 Å². The molecule has 15 heteroatoms. The summed E-state index contributed by atoms with van der Waals surface area (Å²) in [7, 11) is 0. The number of hydrogen-bond acceptors (Lipinski definition) is 10. The molecule has 8 rings (SSSR count). The molecule has 5 aromatic carbocycles. The quantitative estimate of drug-likeness (QED) is 0.0519. The molecule has 0 unspecified atom stereocenters. The molecule has 0 saturated heterocycles. The lowest BCUT2D eigenvalue weighted by Crippen LogP contribution is -2.34. The number of thioether (sulfide) groups is 2. The second-order valence-corrected chi connectivity index (χ2v) is 16.6. The third-order valence-electron chi connectivity index (χ3n) is 9.63. The Labute approximate surface area is 358 Å². The van der Waals surface area contributed by atoms with Crippen LogP contribution in [0.4, 0.5) is 0 Å². The molecule has 296 valence electrons. The molecule has 0 saturated carbocycles. The normalized spacial score (nSPS) is 11.4. The van der Waals surface area contributed by atoms with E-state index in [0.29, 0.717) is 43.1 Å². The summed E-state index contributed by atoms with van der Waals surface area (Å²) in [5, 5.41) is 21.5. The first kappa shape index (κ1) is 39.9. The number of para-hydroxylation sites is 1. The maximum absolute atomic E-state index is 13.4. The van der Waals surface area contributed by atoms with Crippen molar-refractivity contribution in [2.75, 3.05) is 22.4 Å². The summed E-state index contributed by atoms with van der Waals surface area (Å²) < 4.78 is 3.57. The minimum absolute atomic E-state index is 0.0429. The number of rotatable bonds is 15. The molecule has 3 heterocycles. The Balaban J connectivity index is 1.22. The highest BCUT2D eigenvalue weighted by molar-refractivity contribution is 8.00. The first-order valence-electron chi connectivity index (χ1n) is 18.6. The Morgan fingerprint density at radius 1 is 0.610 bits per heavy atom. The molecule has 3 N–H and O–H groups in total. The highest BCUT2D eigenvalue weighted by Crippen LogP contribution is 2.33. The van der Waals surface area contributed by atoms with Gasteiger partial charge in [-0.15, -0.1) is 20.4 Å². The van der Waals surface area contributed by atoms with Crippen molar-refractivity contribution in [2.45, 2.75) is 37.2 Å². The van der Waals surface area contributed by atoms with E-state index in [2.05, 4.69) is 42.3 Å². The van der Waals surface area contributed by atoms with Gasteiger partial charge in [-0.3, -0.25) is 20.4 Å². The minimum atomic E-state index is -0.713. The van der Waals surface area contributed by atoms with Gasteiger partial charge in [0.25, 0.3) is 0 Å². The number of fused-ring (bicyclic) bond motifs is 1. The van der Waals surface area contributed by atoms with E-state index < -0.39 is 6.17 Å². The van der Waals surface area contributed by atoms with Crippen LogP contribution in [0.1, 0.15) is 49.3 Å². The molecular weight excluding hydrogens is 822 g/mol. The van der Waals surface area contributed by atoms with Crippen LogP contribution in [0.3, 0.4) is 0 Å². The van der Waals surface area contributed by atoms with Crippen LogP contribution in [0.25, 0.3) is 33.7 Å². The van der Waals surface area contributed by atoms with E-state index in [-0.39, 0.29) is 23.1 Å². The molecular formula is C44H37Cl2N9O2S2. The van der Waals surface area contributed by atoms with Crippen LogP contribution in [-0.2, 0) is 0 Å². The van der Waals surface area contributed by atoms with Crippen molar-refractivity contribution in [3.63, 3.8) is 0 Å². The number of ketones is 2. The Bertz CT molecular complexity index is 2610. The van der Waals surface area contributed by atoms with Crippen LogP contribution in [0.5, 0.6) is 0 Å². The van der Waals surface area contributed by atoms with Crippen LogP contribution in [0, 0.1) is 20.8 Å².